The molecule has 1 atom stereocenters. The summed E-state index contributed by atoms with van der Waals surface area (Å²) in [5.41, 5.74) is 0.499. The van der Waals surface area contributed by atoms with E-state index in [2.05, 4.69) is 44.8 Å². The molecule has 1 saturated heterocycles. The normalized spacial score (nSPS) is 25.8. The Labute approximate surface area is 98.5 Å². The van der Waals surface area contributed by atoms with E-state index in [9.17, 15) is 0 Å². The lowest BCUT2D eigenvalue weighted by molar-refractivity contribution is 0.0787. The van der Waals surface area contributed by atoms with E-state index in [1.807, 2.05) is 0 Å². The van der Waals surface area contributed by atoms with Gasteiger partial charge in [0, 0.05) is 18.3 Å². The number of hydrogen-bond donors (Lipinski definition) is 1. The third-order valence-corrected chi connectivity index (χ3v) is 4.22. The van der Waals surface area contributed by atoms with Crippen molar-refractivity contribution in [3.05, 3.63) is 0 Å². The van der Waals surface area contributed by atoms with E-state index in [1.165, 1.54) is 17.9 Å². The summed E-state index contributed by atoms with van der Waals surface area (Å²) in [4.78, 5) is 0. The number of ether oxygens (including phenoxy) is 1. The van der Waals surface area contributed by atoms with Crippen LogP contribution in [0.2, 0.25) is 0 Å². The number of rotatable bonds is 5. The van der Waals surface area contributed by atoms with Crippen LogP contribution in [0.15, 0.2) is 0 Å². The van der Waals surface area contributed by atoms with Gasteiger partial charge in [-0.2, -0.15) is 11.8 Å². The first-order valence-corrected chi connectivity index (χ1v) is 7.08. The maximum Gasteiger partial charge on any atom is 0.0594 e. The largest absolute Gasteiger partial charge is 0.377 e. The first-order chi connectivity index (χ1) is 6.99. The minimum absolute atomic E-state index is 0.351. The molecule has 1 aliphatic rings. The van der Waals surface area contributed by atoms with Gasteiger partial charge in [0.2, 0.25) is 0 Å². The van der Waals surface area contributed by atoms with Crippen molar-refractivity contribution in [1.82, 2.24) is 5.32 Å². The van der Waals surface area contributed by atoms with Crippen molar-refractivity contribution >= 4 is 11.8 Å². The Morgan fingerprint density at radius 2 is 2.20 bits per heavy atom. The van der Waals surface area contributed by atoms with E-state index in [-0.39, 0.29) is 0 Å². The van der Waals surface area contributed by atoms with Crippen molar-refractivity contribution < 1.29 is 4.74 Å². The molecule has 1 heterocycles. The van der Waals surface area contributed by atoms with Gasteiger partial charge >= 0.3 is 0 Å². The fourth-order valence-electron chi connectivity index (χ4n) is 1.95. The van der Waals surface area contributed by atoms with E-state index in [0.29, 0.717) is 17.6 Å². The van der Waals surface area contributed by atoms with Crippen LogP contribution in [-0.4, -0.2) is 36.8 Å². The van der Waals surface area contributed by atoms with Gasteiger partial charge in [-0.3, -0.25) is 0 Å². The van der Waals surface area contributed by atoms with Crippen LogP contribution in [0, 0.1) is 5.41 Å². The molecule has 0 radical (unpaired) electrons. The number of nitrogens with one attached hydrogen (secondary N) is 1. The third-order valence-electron chi connectivity index (χ3n) is 2.60. The molecule has 2 nitrogen and oxygen atoms in total. The molecule has 1 aliphatic heterocycles. The van der Waals surface area contributed by atoms with Gasteiger partial charge in [0.1, 0.15) is 0 Å². The lowest BCUT2D eigenvalue weighted by atomic mass is 9.88. The number of thioether (sulfide) groups is 1. The molecule has 0 aromatic heterocycles. The van der Waals surface area contributed by atoms with Crippen LogP contribution in [-0.2, 0) is 4.74 Å². The highest BCUT2D eigenvalue weighted by molar-refractivity contribution is 7.99. The molecule has 0 spiro atoms. The topological polar surface area (TPSA) is 21.3 Å². The molecule has 0 amide bonds. The molecule has 0 aliphatic carbocycles. The first kappa shape index (κ1) is 13.3. The summed E-state index contributed by atoms with van der Waals surface area (Å²) >= 11 is 2.07. The Morgan fingerprint density at radius 3 is 2.80 bits per heavy atom. The molecule has 1 fully saturated rings. The molecule has 0 bridgehead atoms. The highest BCUT2D eigenvalue weighted by atomic mass is 32.2. The SMILES string of the molecule is CC(C)OCCNC1CSCC(C)(C)C1. The van der Waals surface area contributed by atoms with Crippen LogP contribution in [0.3, 0.4) is 0 Å². The molecule has 0 aromatic carbocycles. The zero-order valence-electron chi connectivity index (χ0n) is 10.5. The summed E-state index contributed by atoms with van der Waals surface area (Å²) in [5.74, 6) is 2.55. The van der Waals surface area contributed by atoms with Crippen LogP contribution in [0.4, 0.5) is 0 Å². The molecule has 1 rings (SSSR count). The predicted octanol–water partition coefficient (Wildman–Crippen LogP) is 2.53. The van der Waals surface area contributed by atoms with Crippen LogP contribution in [0.25, 0.3) is 0 Å². The van der Waals surface area contributed by atoms with Crippen molar-refractivity contribution in [2.45, 2.75) is 46.3 Å². The maximum atomic E-state index is 5.52. The molecule has 15 heavy (non-hydrogen) atoms. The molecule has 1 N–H and O–H groups in total. The molecule has 1 unspecified atom stereocenters. The van der Waals surface area contributed by atoms with Gasteiger partial charge in [0.05, 0.1) is 12.7 Å². The second kappa shape index (κ2) is 6.12. The van der Waals surface area contributed by atoms with Crippen LogP contribution < -0.4 is 5.32 Å². The minimum atomic E-state index is 0.351. The lowest BCUT2D eigenvalue weighted by Gasteiger charge is -2.35. The van der Waals surface area contributed by atoms with Gasteiger partial charge in [0.25, 0.3) is 0 Å². The zero-order chi connectivity index (χ0) is 11.3. The van der Waals surface area contributed by atoms with Crippen molar-refractivity contribution in [3.8, 4) is 0 Å². The Kier molecular flexibility index (Phi) is 5.44. The summed E-state index contributed by atoms with van der Waals surface area (Å²) in [7, 11) is 0. The Balaban J connectivity index is 2.11. The van der Waals surface area contributed by atoms with Gasteiger partial charge in [-0.15, -0.1) is 0 Å². The van der Waals surface area contributed by atoms with Gasteiger partial charge in [-0.25, -0.2) is 0 Å². The van der Waals surface area contributed by atoms with E-state index >= 15 is 0 Å². The molecular formula is C12H25NOS. The van der Waals surface area contributed by atoms with E-state index < -0.39 is 0 Å². The highest BCUT2D eigenvalue weighted by Crippen LogP contribution is 2.33. The maximum absolute atomic E-state index is 5.52. The molecule has 3 heteroatoms. The highest BCUT2D eigenvalue weighted by Gasteiger charge is 2.27. The monoisotopic (exact) mass is 231 g/mol. The lowest BCUT2D eigenvalue weighted by Crippen LogP contribution is -2.41. The average molecular weight is 231 g/mol. The van der Waals surface area contributed by atoms with Crippen molar-refractivity contribution in [2.24, 2.45) is 5.41 Å². The van der Waals surface area contributed by atoms with Crippen molar-refractivity contribution in [3.63, 3.8) is 0 Å². The van der Waals surface area contributed by atoms with Crippen LogP contribution in [0.5, 0.6) is 0 Å². The van der Waals surface area contributed by atoms with E-state index in [1.54, 1.807) is 0 Å². The van der Waals surface area contributed by atoms with Gasteiger partial charge in [-0.1, -0.05) is 13.8 Å². The average Bonchev–Trinajstić information content (AvgIpc) is 2.10. The standard InChI is InChI=1S/C12H25NOS/c1-10(2)14-6-5-13-11-7-12(3,4)9-15-8-11/h10-11,13H,5-9H2,1-4H3. The summed E-state index contributed by atoms with van der Waals surface area (Å²) in [6.07, 6.45) is 1.64. The predicted molar refractivity (Wildman–Crippen MR) is 68.6 cm³/mol. The Morgan fingerprint density at radius 1 is 1.47 bits per heavy atom. The number of hydrogen-bond acceptors (Lipinski definition) is 3. The van der Waals surface area contributed by atoms with Crippen molar-refractivity contribution in [1.29, 1.82) is 0 Å². The van der Waals surface area contributed by atoms with E-state index in [0.717, 1.165) is 13.2 Å². The Bertz CT molecular complexity index is 182. The molecule has 0 saturated carbocycles. The molecular weight excluding hydrogens is 206 g/mol. The van der Waals surface area contributed by atoms with Crippen LogP contribution >= 0.6 is 11.8 Å². The summed E-state index contributed by atoms with van der Waals surface area (Å²) in [6, 6.07) is 0.675. The smallest absolute Gasteiger partial charge is 0.0594 e. The third kappa shape index (κ3) is 5.79. The molecule has 90 valence electrons. The van der Waals surface area contributed by atoms with Gasteiger partial charge in [-0.05, 0) is 31.4 Å². The first-order valence-electron chi connectivity index (χ1n) is 5.92. The quantitative estimate of drug-likeness (QED) is 0.735. The zero-order valence-corrected chi connectivity index (χ0v) is 11.3. The molecule has 0 aromatic rings. The summed E-state index contributed by atoms with van der Waals surface area (Å²) in [5, 5.41) is 3.59. The van der Waals surface area contributed by atoms with Gasteiger partial charge < -0.3 is 10.1 Å². The van der Waals surface area contributed by atoms with Crippen LogP contribution in [0.1, 0.15) is 34.1 Å². The summed E-state index contributed by atoms with van der Waals surface area (Å²) in [6.45, 7) is 10.7. The van der Waals surface area contributed by atoms with Crippen molar-refractivity contribution in [2.75, 3.05) is 24.7 Å². The van der Waals surface area contributed by atoms with Gasteiger partial charge in [0.15, 0.2) is 0 Å². The second-order valence-electron chi connectivity index (χ2n) is 5.45. The second-order valence-corrected chi connectivity index (χ2v) is 6.48. The summed E-state index contributed by atoms with van der Waals surface area (Å²) < 4.78 is 5.52. The Hall–Kier alpha value is 0.270. The fourth-order valence-corrected chi connectivity index (χ4v) is 3.26. The minimum Gasteiger partial charge on any atom is -0.377 e. The fraction of sp³-hybridized carbons (Fsp3) is 1.00. The van der Waals surface area contributed by atoms with E-state index in [4.69, 9.17) is 4.74 Å².